The Morgan fingerprint density at radius 1 is 1.44 bits per heavy atom. The molecule has 0 aliphatic heterocycles. The van der Waals surface area contributed by atoms with E-state index < -0.39 is 0 Å². The zero-order chi connectivity index (χ0) is 6.78. The van der Waals surface area contributed by atoms with Crippen LogP contribution in [0.4, 0.5) is 0 Å². The predicted octanol–water partition coefficient (Wildman–Crippen LogP) is -3.82. The molecular weight excluding hydrogens is 140 g/mol. The summed E-state index contributed by atoms with van der Waals surface area (Å²) in [5.41, 5.74) is 5.09. The van der Waals surface area contributed by atoms with Crippen molar-refractivity contribution in [3.63, 3.8) is 0 Å². The lowest BCUT2D eigenvalue weighted by Gasteiger charge is -2.18. The number of rotatable bonds is 1. The fourth-order valence-corrected chi connectivity index (χ4v) is 0.274. The zero-order valence-electron chi connectivity index (χ0n) is 6.02. The lowest BCUT2D eigenvalue weighted by atomic mass is 10.5. The molecule has 1 amide bonds. The Morgan fingerprint density at radius 3 is 1.78 bits per heavy atom. The van der Waals surface area contributed by atoms with Crippen molar-refractivity contribution in [1.82, 2.24) is 0 Å². The maximum Gasteiger partial charge on any atom is 0.326 e. The summed E-state index contributed by atoms with van der Waals surface area (Å²) in [5, 5.41) is 0. The molecule has 0 aromatic carbocycles. The second-order valence-electron chi connectivity index (χ2n) is 2.61. The molecule has 0 aliphatic carbocycles. The Bertz CT molecular complexity index is 97.6. The van der Waals surface area contributed by atoms with Crippen LogP contribution in [0, 0.1) is 0 Å². The van der Waals surface area contributed by atoms with Crippen molar-refractivity contribution in [1.29, 1.82) is 0 Å². The van der Waals surface area contributed by atoms with Crippen LogP contribution >= 0.6 is 0 Å². The first-order valence-corrected chi connectivity index (χ1v) is 2.53. The Hall–Kier alpha value is -0.120. The Balaban J connectivity index is 0. The van der Waals surface area contributed by atoms with Crippen LogP contribution < -0.4 is 18.1 Å². The molecule has 4 heteroatoms. The molecule has 0 atom stereocenters. The van der Waals surface area contributed by atoms with Crippen LogP contribution in [0.5, 0.6) is 0 Å². The van der Waals surface area contributed by atoms with Gasteiger partial charge in [-0.15, -0.1) is 0 Å². The number of nitrogens with zero attached hydrogens (tertiary/aromatic N) is 1. The van der Waals surface area contributed by atoms with Gasteiger partial charge in [-0.05, 0) is 0 Å². The molecule has 0 bridgehead atoms. The van der Waals surface area contributed by atoms with Crippen molar-refractivity contribution in [3.8, 4) is 0 Å². The third-order valence-corrected chi connectivity index (χ3v) is 0.923. The Kier molecular flexibility index (Phi) is 4.95. The van der Waals surface area contributed by atoms with Gasteiger partial charge in [0.05, 0.1) is 21.1 Å². The first-order chi connectivity index (χ1) is 3.48. The number of quaternary nitrogens is 1. The second kappa shape index (κ2) is 3.82. The number of halogens is 1. The van der Waals surface area contributed by atoms with E-state index in [1.807, 2.05) is 0 Å². The van der Waals surface area contributed by atoms with E-state index >= 15 is 0 Å². The molecule has 0 aliphatic rings. The lowest BCUT2D eigenvalue weighted by Crippen LogP contribution is -3.00. The number of amides is 1. The highest BCUT2D eigenvalue weighted by Crippen LogP contribution is 1.87. The molecule has 0 aromatic rings. The monoisotopic (exact) mass is 152 g/mol. The van der Waals surface area contributed by atoms with Gasteiger partial charge in [0.15, 0.2) is 0 Å². The van der Waals surface area contributed by atoms with Gasteiger partial charge in [0.25, 0.3) is 0 Å². The largest absolute Gasteiger partial charge is 1.00 e. The molecule has 56 valence electrons. The topological polar surface area (TPSA) is 43.1 Å². The molecule has 0 fully saturated rings. The van der Waals surface area contributed by atoms with Gasteiger partial charge in [0, 0.05) is 0 Å². The van der Waals surface area contributed by atoms with Crippen molar-refractivity contribution < 1.29 is 21.7 Å². The lowest BCUT2D eigenvalue weighted by molar-refractivity contribution is -0.791. The van der Waals surface area contributed by atoms with E-state index in [0.717, 1.165) is 0 Å². The summed E-state index contributed by atoms with van der Waals surface area (Å²) in [4.78, 5) is 10.7. The Morgan fingerprint density at radius 2 is 1.78 bits per heavy atom. The van der Waals surface area contributed by atoms with Crippen LogP contribution in [0.15, 0.2) is 0 Å². The molecule has 2 N–H and O–H groups in total. The predicted molar refractivity (Wildman–Crippen MR) is 32.1 cm³/mol. The summed E-state index contributed by atoms with van der Waals surface area (Å²) < 4.78 is 0.316. The minimum atomic E-state index is 0. The van der Waals surface area contributed by atoms with E-state index in [-0.39, 0.29) is 24.9 Å². The number of likely N-dealkylation sites (N-methyl/N-ethyl adjacent to an activating group) is 1. The Labute approximate surface area is 61.8 Å². The summed E-state index contributed by atoms with van der Waals surface area (Å²) in [5.74, 6) is 0.0463. The molecule has 0 unspecified atom stereocenters. The molecule has 0 rings (SSSR count). The standard InChI is InChI=1S/C5H13N2O.ClH/c1-7(2,3)5(8)4-6;/h4,6H2,1-3H3;1H/q+1;/p-1. The average Bonchev–Trinajstić information content (AvgIpc) is 1.62. The number of hydrogen-bond donors (Lipinski definition) is 1. The van der Waals surface area contributed by atoms with Crippen LogP contribution in [-0.4, -0.2) is 38.1 Å². The zero-order valence-corrected chi connectivity index (χ0v) is 6.77. The van der Waals surface area contributed by atoms with E-state index in [2.05, 4.69) is 0 Å². The van der Waals surface area contributed by atoms with Crippen LogP contribution in [0.25, 0.3) is 0 Å². The molecule has 3 nitrogen and oxygen atoms in total. The van der Waals surface area contributed by atoms with Gasteiger partial charge in [-0.1, -0.05) is 0 Å². The van der Waals surface area contributed by atoms with Gasteiger partial charge in [-0.2, -0.15) is 0 Å². The summed E-state index contributed by atoms with van der Waals surface area (Å²) in [7, 11) is 5.40. The summed E-state index contributed by atoms with van der Waals surface area (Å²) >= 11 is 0. The molecule has 0 aromatic heterocycles. The van der Waals surface area contributed by atoms with Crippen LogP contribution in [0.1, 0.15) is 0 Å². The minimum Gasteiger partial charge on any atom is -1.00 e. The molecule has 0 radical (unpaired) electrons. The van der Waals surface area contributed by atoms with Crippen molar-refractivity contribution in [2.45, 2.75) is 0 Å². The maximum atomic E-state index is 10.7. The molecule has 0 saturated heterocycles. The van der Waals surface area contributed by atoms with E-state index in [0.29, 0.717) is 4.48 Å². The van der Waals surface area contributed by atoms with Gasteiger partial charge in [0.2, 0.25) is 0 Å². The number of carbonyl (C=O) groups is 1. The van der Waals surface area contributed by atoms with Gasteiger partial charge in [-0.25, -0.2) is 4.79 Å². The molecule has 0 saturated carbocycles. The van der Waals surface area contributed by atoms with Gasteiger partial charge in [-0.3, -0.25) is 4.48 Å². The van der Waals surface area contributed by atoms with Crippen molar-refractivity contribution >= 4 is 5.91 Å². The van der Waals surface area contributed by atoms with E-state index in [1.54, 1.807) is 21.1 Å². The quantitative estimate of drug-likeness (QED) is 0.392. The molecule has 9 heavy (non-hydrogen) atoms. The highest BCUT2D eigenvalue weighted by atomic mass is 35.5. The van der Waals surface area contributed by atoms with Crippen molar-refractivity contribution in [2.75, 3.05) is 27.7 Å². The SMILES string of the molecule is C[N+](C)(C)C(=O)CN.[Cl-]. The highest BCUT2D eigenvalue weighted by molar-refractivity contribution is 5.70. The molecular formula is C5H13ClN2O. The minimum absolute atomic E-state index is 0. The van der Waals surface area contributed by atoms with E-state index in [4.69, 9.17) is 5.73 Å². The van der Waals surface area contributed by atoms with Crippen LogP contribution in [0.3, 0.4) is 0 Å². The first-order valence-electron chi connectivity index (χ1n) is 2.53. The van der Waals surface area contributed by atoms with Crippen LogP contribution in [-0.2, 0) is 4.79 Å². The van der Waals surface area contributed by atoms with Gasteiger partial charge in [0.1, 0.15) is 6.54 Å². The smallest absolute Gasteiger partial charge is 0.326 e. The van der Waals surface area contributed by atoms with Gasteiger partial charge >= 0.3 is 5.91 Å². The maximum absolute atomic E-state index is 10.7. The highest BCUT2D eigenvalue weighted by Gasteiger charge is 2.16. The average molecular weight is 153 g/mol. The molecule has 0 heterocycles. The van der Waals surface area contributed by atoms with Gasteiger partial charge < -0.3 is 18.1 Å². The summed E-state index contributed by atoms with van der Waals surface area (Å²) in [6.45, 7) is 0.128. The number of carbonyl (C=O) groups excluding carboxylic acids is 1. The number of hydrogen-bond acceptors (Lipinski definition) is 2. The summed E-state index contributed by atoms with van der Waals surface area (Å²) in [6.07, 6.45) is 0. The van der Waals surface area contributed by atoms with Crippen molar-refractivity contribution in [3.05, 3.63) is 0 Å². The third-order valence-electron chi connectivity index (χ3n) is 0.923. The fraction of sp³-hybridized carbons (Fsp3) is 0.800. The second-order valence-corrected chi connectivity index (χ2v) is 2.61. The normalized spacial score (nSPS) is 10.2. The molecule has 0 spiro atoms. The van der Waals surface area contributed by atoms with E-state index in [1.165, 1.54) is 0 Å². The summed E-state index contributed by atoms with van der Waals surface area (Å²) in [6, 6.07) is 0. The van der Waals surface area contributed by atoms with Crippen LogP contribution in [0.2, 0.25) is 0 Å². The fourth-order valence-electron chi connectivity index (χ4n) is 0.274. The first kappa shape index (κ1) is 11.6. The van der Waals surface area contributed by atoms with Crippen molar-refractivity contribution in [2.24, 2.45) is 5.73 Å². The number of nitrogens with two attached hydrogens (primary N) is 1. The van der Waals surface area contributed by atoms with E-state index in [9.17, 15) is 4.79 Å². The third kappa shape index (κ3) is 4.39.